The molecule has 0 aromatic carbocycles. The maximum atomic E-state index is 12.5. The standard InChI is InChI=1S/C16H23N3O2/c1-7-16(5,6)17-15(20)13-8-10(2)19(12(13)4)14-9-11(3)21-18-14/h8-9H,7H2,1-6H3,(H,17,20). The molecule has 1 N–H and O–H groups in total. The Balaban J connectivity index is 2.38. The zero-order valence-electron chi connectivity index (χ0n) is 13.6. The van der Waals surface area contributed by atoms with Crippen molar-refractivity contribution >= 4 is 5.91 Å². The molecule has 0 aliphatic carbocycles. The van der Waals surface area contributed by atoms with Crippen LogP contribution in [0.25, 0.3) is 5.82 Å². The molecule has 5 heteroatoms. The van der Waals surface area contributed by atoms with E-state index in [-0.39, 0.29) is 11.4 Å². The zero-order valence-corrected chi connectivity index (χ0v) is 13.6. The lowest BCUT2D eigenvalue weighted by molar-refractivity contribution is 0.0910. The van der Waals surface area contributed by atoms with Crippen LogP contribution in [0.1, 0.15) is 54.7 Å². The number of amides is 1. The number of carbonyl (C=O) groups is 1. The lowest BCUT2D eigenvalue weighted by Gasteiger charge is -2.24. The van der Waals surface area contributed by atoms with Gasteiger partial charge in [0.25, 0.3) is 5.91 Å². The Labute approximate surface area is 125 Å². The van der Waals surface area contributed by atoms with Gasteiger partial charge in [0, 0.05) is 23.0 Å². The average molecular weight is 289 g/mol. The van der Waals surface area contributed by atoms with E-state index >= 15 is 0 Å². The van der Waals surface area contributed by atoms with Gasteiger partial charge in [0.15, 0.2) is 5.82 Å². The summed E-state index contributed by atoms with van der Waals surface area (Å²) in [6, 6.07) is 3.75. The van der Waals surface area contributed by atoms with Gasteiger partial charge >= 0.3 is 0 Å². The molecule has 5 nitrogen and oxygen atoms in total. The van der Waals surface area contributed by atoms with Gasteiger partial charge in [-0.25, -0.2) is 0 Å². The van der Waals surface area contributed by atoms with Crippen molar-refractivity contribution in [1.29, 1.82) is 0 Å². The van der Waals surface area contributed by atoms with Crippen LogP contribution in [0.2, 0.25) is 0 Å². The molecule has 0 spiro atoms. The minimum atomic E-state index is -0.218. The van der Waals surface area contributed by atoms with Crippen molar-refractivity contribution in [2.75, 3.05) is 0 Å². The minimum Gasteiger partial charge on any atom is -0.360 e. The monoisotopic (exact) mass is 289 g/mol. The SMILES string of the molecule is CCC(C)(C)NC(=O)c1cc(C)n(-c2cc(C)on2)c1C. The van der Waals surface area contributed by atoms with Crippen LogP contribution in [0.15, 0.2) is 16.7 Å². The Kier molecular flexibility index (Phi) is 3.94. The molecule has 0 aliphatic heterocycles. The van der Waals surface area contributed by atoms with Crippen LogP contribution in [0.4, 0.5) is 0 Å². The fourth-order valence-corrected chi connectivity index (χ4v) is 2.27. The van der Waals surface area contributed by atoms with E-state index in [1.807, 2.05) is 51.3 Å². The Bertz CT molecular complexity index is 665. The first kappa shape index (κ1) is 15.4. The second kappa shape index (κ2) is 5.39. The molecule has 0 unspecified atom stereocenters. The molecule has 114 valence electrons. The fourth-order valence-electron chi connectivity index (χ4n) is 2.27. The Morgan fingerprint density at radius 1 is 1.33 bits per heavy atom. The summed E-state index contributed by atoms with van der Waals surface area (Å²) >= 11 is 0. The lowest BCUT2D eigenvalue weighted by atomic mass is 10.0. The number of aromatic nitrogens is 2. The summed E-state index contributed by atoms with van der Waals surface area (Å²) < 4.78 is 7.06. The van der Waals surface area contributed by atoms with E-state index in [2.05, 4.69) is 17.4 Å². The van der Waals surface area contributed by atoms with Crippen LogP contribution in [-0.4, -0.2) is 21.2 Å². The number of nitrogens with one attached hydrogen (secondary N) is 1. The highest BCUT2D eigenvalue weighted by Crippen LogP contribution is 2.21. The summed E-state index contributed by atoms with van der Waals surface area (Å²) in [4.78, 5) is 12.5. The van der Waals surface area contributed by atoms with Gasteiger partial charge in [0.05, 0.1) is 5.56 Å². The summed E-state index contributed by atoms with van der Waals surface area (Å²) in [7, 11) is 0. The molecule has 21 heavy (non-hydrogen) atoms. The van der Waals surface area contributed by atoms with Crippen molar-refractivity contribution in [3.05, 3.63) is 34.8 Å². The Morgan fingerprint density at radius 3 is 2.52 bits per heavy atom. The topological polar surface area (TPSA) is 60.1 Å². The molecule has 0 fully saturated rings. The van der Waals surface area contributed by atoms with Crippen molar-refractivity contribution in [1.82, 2.24) is 15.0 Å². The highest BCUT2D eigenvalue weighted by molar-refractivity contribution is 5.96. The third-order valence-electron chi connectivity index (χ3n) is 3.86. The van der Waals surface area contributed by atoms with E-state index in [1.54, 1.807) is 0 Å². The van der Waals surface area contributed by atoms with Crippen LogP contribution in [0.3, 0.4) is 0 Å². The first-order valence-electron chi connectivity index (χ1n) is 7.20. The number of hydrogen-bond donors (Lipinski definition) is 1. The molecule has 0 radical (unpaired) electrons. The van der Waals surface area contributed by atoms with Gasteiger partial charge in [-0.2, -0.15) is 0 Å². The molecule has 1 amide bonds. The Hall–Kier alpha value is -2.04. The van der Waals surface area contributed by atoms with E-state index in [0.29, 0.717) is 11.4 Å². The summed E-state index contributed by atoms with van der Waals surface area (Å²) in [6.07, 6.45) is 0.875. The van der Waals surface area contributed by atoms with Gasteiger partial charge in [-0.3, -0.25) is 9.36 Å². The number of carbonyl (C=O) groups excluding carboxylic acids is 1. The van der Waals surface area contributed by atoms with Gasteiger partial charge in [0.2, 0.25) is 0 Å². The maximum Gasteiger partial charge on any atom is 0.253 e. The van der Waals surface area contributed by atoms with Gasteiger partial charge < -0.3 is 9.84 Å². The summed E-state index contributed by atoms with van der Waals surface area (Å²) in [5, 5.41) is 7.09. The zero-order chi connectivity index (χ0) is 15.8. The normalized spacial score (nSPS) is 11.7. The number of rotatable bonds is 4. The molecule has 2 aromatic rings. The molecule has 0 bridgehead atoms. The molecular formula is C16H23N3O2. The average Bonchev–Trinajstić information content (AvgIpc) is 2.93. The molecule has 0 saturated carbocycles. The van der Waals surface area contributed by atoms with Crippen molar-refractivity contribution < 1.29 is 9.32 Å². The van der Waals surface area contributed by atoms with Crippen LogP contribution < -0.4 is 5.32 Å². The van der Waals surface area contributed by atoms with Gasteiger partial charge in [0.1, 0.15) is 5.76 Å². The van der Waals surface area contributed by atoms with E-state index < -0.39 is 0 Å². The number of hydrogen-bond acceptors (Lipinski definition) is 3. The van der Waals surface area contributed by atoms with Gasteiger partial charge in [-0.1, -0.05) is 12.1 Å². The number of nitrogens with zero attached hydrogens (tertiary/aromatic N) is 2. The van der Waals surface area contributed by atoms with Crippen LogP contribution in [0.5, 0.6) is 0 Å². The molecule has 0 aliphatic rings. The number of aryl methyl sites for hydroxylation is 2. The summed E-state index contributed by atoms with van der Waals surface area (Å²) in [5.74, 6) is 1.40. The second-order valence-electron chi connectivity index (χ2n) is 6.11. The van der Waals surface area contributed by atoms with Crippen molar-refractivity contribution in [3.8, 4) is 5.82 Å². The largest absolute Gasteiger partial charge is 0.360 e. The molecule has 0 atom stereocenters. The second-order valence-corrected chi connectivity index (χ2v) is 6.11. The van der Waals surface area contributed by atoms with E-state index in [0.717, 1.165) is 23.6 Å². The predicted octanol–water partition coefficient (Wildman–Crippen LogP) is 3.31. The highest BCUT2D eigenvalue weighted by atomic mass is 16.5. The summed E-state index contributed by atoms with van der Waals surface area (Å²) in [6.45, 7) is 11.8. The van der Waals surface area contributed by atoms with E-state index in [9.17, 15) is 4.79 Å². The van der Waals surface area contributed by atoms with Crippen molar-refractivity contribution in [2.45, 2.75) is 53.5 Å². The van der Waals surface area contributed by atoms with Gasteiger partial charge in [-0.15, -0.1) is 0 Å². The molecule has 2 heterocycles. The maximum absolute atomic E-state index is 12.5. The fraction of sp³-hybridized carbons (Fsp3) is 0.500. The van der Waals surface area contributed by atoms with Crippen LogP contribution in [0, 0.1) is 20.8 Å². The quantitative estimate of drug-likeness (QED) is 0.939. The van der Waals surface area contributed by atoms with Crippen LogP contribution >= 0.6 is 0 Å². The predicted molar refractivity (Wildman–Crippen MR) is 81.9 cm³/mol. The molecule has 2 aromatic heterocycles. The minimum absolute atomic E-state index is 0.0542. The lowest BCUT2D eigenvalue weighted by Crippen LogP contribution is -2.42. The molecule has 0 saturated heterocycles. The third kappa shape index (κ3) is 3.01. The first-order chi connectivity index (χ1) is 9.75. The van der Waals surface area contributed by atoms with E-state index in [1.165, 1.54) is 0 Å². The van der Waals surface area contributed by atoms with Crippen molar-refractivity contribution in [2.24, 2.45) is 0 Å². The van der Waals surface area contributed by atoms with E-state index in [4.69, 9.17) is 4.52 Å². The smallest absolute Gasteiger partial charge is 0.253 e. The van der Waals surface area contributed by atoms with Crippen molar-refractivity contribution in [3.63, 3.8) is 0 Å². The molecule has 2 rings (SSSR count). The summed E-state index contributed by atoms with van der Waals surface area (Å²) in [5.41, 5.74) is 2.28. The first-order valence-corrected chi connectivity index (χ1v) is 7.20. The molecular weight excluding hydrogens is 266 g/mol. The van der Waals surface area contributed by atoms with Crippen LogP contribution in [-0.2, 0) is 0 Å². The highest BCUT2D eigenvalue weighted by Gasteiger charge is 2.23. The Morgan fingerprint density at radius 2 is 2.00 bits per heavy atom. The van der Waals surface area contributed by atoms with Gasteiger partial charge in [-0.05, 0) is 47.1 Å². The third-order valence-corrected chi connectivity index (χ3v) is 3.86.